The summed E-state index contributed by atoms with van der Waals surface area (Å²) in [5.74, 6) is -0.869. The number of carbonyl (C=O) groups excluding carboxylic acids is 2. The number of aliphatic imine (C=N–C) groups is 1. The van der Waals surface area contributed by atoms with Gasteiger partial charge in [0.25, 0.3) is 11.8 Å². The average Bonchev–Trinajstić information content (AvgIpc) is 3.12. The van der Waals surface area contributed by atoms with Gasteiger partial charge < -0.3 is 14.5 Å². The minimum absolute atomic E-state index is 0.0834. The van der Waals surface area contributed by atoms with Gasteiger partial charge in [-0.1, -0.05) is 17.2 Å². The van der Waals surface area contributed by atoms with Crippen LogP contribution in [0.25, 0.3) is 5.52 Å². The Labute approximate surface area is 193 Å². The Morgan fingerprint density at radius 1 is 1.31 bits per heavy atom. The molecule has 0 aromatic carbocycles. The summed E-state index contributed by atoms with van der Waals surface area (Å²) in [6.07, 6.45) is 3.84. The number of hydrogen-bond donors (Lipinski definition) is 1. The number of ether oxygens (including phenoxy) is 1. The number of allylic oxidation sites excluding steroid dienone is 1. The molecule has 2 atom stereocenters. The molecule has 2 aliphatic heterocycles. The van der Waals surface area contributed by atoms with Crippen LogP contribution < -0.4 is 5.32 Å². The summed E-state index contributed by atoms with van der Waals surface area (Å²) in [5.41, 5.74) is 4.90. The van der Waals surface area contributed by atoms with Crippen molar-refractivity contribution < 1.29 is 14.3 Å². The largest absolute Gasteiger partial charge is 0.379 e. The van der Waals surface area contributed by atoms with Crippen molar-refractivity contribution in [1.82, 2.24) is 14.6 Å². The Kier molecular flexibility index (Phi) is 6.51. The van der Waals surface area contributed by atoms with Crippen molar-refractivity contribution in [3.63, 3.8) is 0 Å². The van der Waals surface area contributed by atoms with Crippen LogP contribution in [-0.2, 0) is 9.53 Å². The predicted molar refractivity (Wildman–Crippen MR) is 126 cm³/mol. The van der Waals surface area contributed by atoms with Crippen LogP contribution >= 0.6 is 11.6 Å². The zero-order valence-electron chi connectivity index (χ0n) is 18.9. The molecule has 1 N–H and O–H groups in total. The van der Waals surface area contributed by atoms with Gasteiger partial charge in [-0.3, -0.25) is 14.5 Å². The van der Waals surface area contributed by atoms with E-state index >= 15 is 0 Å². The number of aromatic nitrogens is 1. The Morgan fingerprint density at radius 3 is 2.72 bits per heavy atom. The van der Waals surface area contributed by atoms with Crippen molar-refractivity contribution in [1.29, 1.82) is 0 Å². The molecular weight excluding hydrogens is 428 g/mol. The summed E-state index contributed by atoms with van der Waals surface area (Å²) in [4.78, 5) is 32.0. The standard InChI is InChI=1S/C24H29ClN4O3/c1-14-11-15(2)27-24(31)19(14)13-26-23(30)18-12-21-20(25)5-6-29(21)22(16(18)3)17(4)28-7-9-32-10-8-28/h5-6,11-12,17,19H,7-10,13H2,1-4H3,(H,26,30). The minimum Gasteiger partial charge on any atom is -0.379 e. The molecule has 170 valence electrons. The molecule has 0 bridgehead atoms. The second-order valence-corrected chi connectivity index (χ2v) is 8.96. The van der Waals surface area contributed by atoms with Gasteiger partial charge in [-0.25, -0.2) is 4.99 Å². The van der Waals surface area contributed by atoms with E-state index in [0.29, 0.717) is 29.5 Å². The van der Waals surface area contributed by atoms with Crippen LogP contribution in [0.3, 0.4) is 0 Å². The number of morpholine rings is 1. The fourth-order valence-corrected chi connectivity index (χ4v) is 4.87. The number of rotatable bonds is 5. The van der Waals surface area contributed by atoms with Crippen molar-refractivity contribution in [2.75, 3.05) is 32.8 Å². The highest BCUT2D eigenvalue weighted by Crippen LogP contribution is 2.31. The number of hydrogen-bond acceptors (Lipinski definition) is 4. The molecule has 2 aromatic rings. The topological polar surface area (TPSA) is 75.4 Å². The first kappa shape index (κ1) is 22.7. The van der Waals surface area contributed by atoms with Gasteiger partial charge >= 0.3 is 0 Å². The van der Waals surface area contributed by atoms with Gasteiger partial charge in [0.1, 0.15) is 0 Å². The zero-order chi connectivity index (χ0) is 23.0. The third-order valence-electron chi connectivity index (χ3n) is 6.47. The van der Waals surface area contributed by atoms with E-state index in [1.165, 1.54) is 0 Å². The Morgan fingerprint density at radius 2 is 2.03 bits per heavy atom. The molecule has 8 heteroatoms. The molecule has 1 saturated heterocycles. The Bertz CT molecular complexity index is 1130. The first-order chi connectivity index (χ1) is 15.3. The third-order valence-corrected chi connectivity index (χ3v) is 6.79. The lowest BCUT2D eigenvalue weighted by atomic mass is 9.95. The molecule has 2 aromatic heterocycles. The highest BCUT2D eigenvalue weighted by molar-refractivity contribution is 6.34. The average molecular weight is 457 g/mol. The number of pyridine rings is 1. The molecule has 2 unspecified atom stereocenters. The number of carbonyl (C=O) groups is 2. The van der Waals surface area contributed by atoms with E-state index < -0.39 is 5.92 Å². The molecule has 4 heterocycles. The number of fused-ring (bicyclic) bond motifs is 1. The Hall–Kier alpha value is -2.48. The molecule has 4 rings (SSSR count). The van der Waals surface area contributed by atoms with E-state index in [1.807, 2.05) is 38.3 Å². The van der Waals surface area contributed by atoms with Crippen LogP contribution in [0, 0.1) is 12.8 Å². The maximum atomic E-state index is 13.3. The lowest BCUT2D eigenvalue weighted by Gasteiger charge is -2.34. The first-order valence-electron chi connectivity index (χ1n) is 10.9. The predicted octanol–water partition coefficient (Wildman–Crippen LogP) is 3.59. The van der Waals surface area contributed by atoms with Crippen LogP contribution in [-0.4, -0.2) is 59.7 Å². The maximum Gasteiger partial charge on any atom is 0.254 e. The molecule has 32 heavy (non-hydrogen) atoms. The van der Waals surface area contributed by atoms with E-state index in [1.54, 1.807) is 6.92 Å². The third kappa shape index (κ3) is 4.25. The molecule has 1 fully saturated rings. The number of halogens is 1. The van der Waals surface area contributed by atoms with Crippen LogP contribution in [0.5, 0.6) is 0 Å². The number of nitrogens with one attached hydrogen (secondary N) is 1. The van der Waals surface area contributed by atoms with Crippen molar-refractivity contribution in [3.8, 4) is 0 Å². The highest BCUT2D eigenvalue weighted by Gasteiger charge is 2.27. The second-order valence-electron chi connectivity index (χ2n) is 8.55. The summed E-state index contributed by atoms with van der Waals surface area (Å²) in [5, 5.41) is 3.55. The minimum atomic E-state index is -0.435. The fraction of sp³-hybridized carbons (Fsp3) is 0.458. The lowest BCUT2D eigenvalue weighted by Crippen LogP contribution is -2.39. The van der Waals surface area contributed by atoms with Gasteiger partial charge in [0.05, 0.1) is 29.7 Å². The number of nitrogens with zero attached hydrogens (tertiary/aromatic N) is 3. The SMILES string of the molecule is CC1=CC(C)=NC(=O)C1CNC(=O)c1cc2c(Cl)ccn2c(C(C)N2CCOCC2)c1C. The molecule has 7 nitrogen and oxygen atoms in total. The molecule has 2 aliphatic rings. The van der Waals surface area contributed by atoms with E-state index in [9.17, 15) is 9.59 Å². The zero-order valence-corrected chi connectivity index (χ0v) is 19.7. The van der Waals surface area contributed by atoms with E-state index in [-0.39, 0.29) is 24.4 Å². The van der Waals surface area contributed by atoms with Gasteiger partial charge in [0.15, 0.2) is 0 Å². The summed E-state index contributed by atoms with van der Waals surface area (Å²) in [6.45, 7) is 11.1. The van der Waals surface area contributed by atoms with Crippen LogP contribution in [0.1, 0.15) is 48.4 Å². The van der Waals surface area contributed by atoms with E-state index in [0.717, 1.165) is 35.4 Å². The molecular formula is C24H29ClN4O3. The maximum absolute atomic E-state index is 13.3. The first-order valence-corrected chi connectivity index (χ1v) is 11.3. The van der Waals surface area contributed by atoms with Crippen molar-refractivity contribution in [3.05, 3.63) is 51.8 Å². The second kappa shape index (κ2) is 9.17. The van der Waals surface area contributed by atoms with E-state index in [4.69, 9.17) is 16.3 Å². The summed E-state index contributed by atoms with van der Waals surface area (Å²) < 4.78 is 7.58. The fourth-order valence-electron chi connectivity index (χ4n) is 4.67. The highest BCUT2D eigenvalue weighted by atomic mass is 35.5. The smallest absolute Gasteiger partial charge is 0.254 e. The van der Waals surface area contributed by atoms with Crippen molar-refractivity contribution in [2.45, 2.75) is 33.7 Å². The number of amides is 2. The summed E-state index contributed by atoms with van der Waals surface area (Å²) in [7, 11) is 0. The quantitative estimate of drug-likeness (QED) is 0.746. The van der Waals surface area contributed by atoms with Gasteiger partial charge in [-0.15, -0.1) is 0 Å². The van der Waals surface area contributed by atoms with Crippen LogP contribution in [0.15, 0.2) is 35.0 Å². The monoisotopic (exact) mass is 456 g/mol. The van der Waals surface area contributed by atoms with Gasteiger partial charge in [-0.05, 0) is 51.5 Å². The van der Waals surface area contributed by atoms with Crippen LogP contribution in [0.2, 0.25) is 5.02 Å². The van der Waals surface area contributed by atoms with Crippen molar-refractivity contribution in [2.24, 2.45) is 10.9 Å². The van der Waals surface area contributed by atoms with Crippen LogP contribution in [0.4, 0.5) is 0 Å². The normalized spacial score (nSPS) is 20.8. The van der Waals surface area contributed by atoms with Crippen molar-refractivity contribution >= 4 is 34.6 Å². The van der Waals surface area contributed by atoms with Gasteiger partial charge in [0.2, 0.25) is 0 Å². The van der Waals surface area contributed by atoms with Gasteiger partial charge in [-0.2, -0.15) is 0 Å². The molecule has 2 amide bonds. The van der Waals surface area contributed by atoms with E-state index in [2.05, 4.69) is 26.5 Å². The number of dihydropyridines is 1. The lowest BCUT2D eigenvalue weighted by molar-refractivity contribution is -0.120. The summed E-state index contributed by atoms with van der Waals surface area (Å²) in [6, 6.07) is 3.76. The molecule has 0 saturated carbocycles. The Balaban J connectivity index is 1.64. The summed E-state index contributed by atoms with van der Waals surface area (Å²) >= 11 is 6.46. The molecule has 0 radical (unpaired) electrons. The molecule has 0 aliphatic carbocycles. The molecule has 0 spiro atoms. The van der Waals surface area contributed by atoms with Gasteiger partial charge in [0, 0.05) is 48.8 Å².